The van der Waals surface area contributed by atoms with E-state index >= 15 is 0 Å². The molecule has 2 heterocycles. The van der Waals surface area contributed by atoms with Gasteiger partial charge in [0.2, 0.25) is 5.91 Å². The third kappa shape index (κ3) is 7.18. The number of benzene rings is 1. The molecule has 0 spiro atoms. The molecule has 2 aromatic rings. The van der Waals surface area contributed by atoms with Gasteiger partial charge in [-0.05, 0) is 78.6 Å². The van der Waals surface area contributed by atoms with Crippen molar-refractivity contribution in [2.45, 2.75) is 64.0 Å². The number of ether oxygens (including phenoxy) is 1. The van der Waals surface area contributed by atoms with Gasteiger partial charge in [0.15, 0.2) is 0 Å². The number of hydrogen-bond acceptors (Lipinski definition) is 5. The van der Waals surface area contributed by atoms with E-state index in [2.05, 4.69) is 48.9 Å². The highest BCUT2D eigenvalue weighted by atomic mass is 32.1. The first-order chi connectivity index (χ1) is 16.9. The molecule has 1 amide bonds. The predicted octanol–water partition coefficient (Wildman–Crippen LogP) is 5.42. The molecular weight excluding hydrogens is 456 g/mol. The maximum atomic E-state index is 13.6. The van der Waals surface area contributed by atoms with Crippen molar-refractivity contribution < 1.29 is 14.6 Å². The smallest absolute Gasteiger partial charge is 0.237 e. The Kier molecular flexibility index (Phi) is 9.04. The maximum absolute atomic E-state index is 13.6. The van der Waals surface area contributed by atoms with Crippen molar-refractivity contribution in [2.75, 3.05) is 32.8 Å². The Morgan fingerprint density at radius 1 is 1.29 bits per heavy atom. The van der Waals surface area contributed by atoms with E-state index in [-0.39, 0.29) is 11.9 Å². The van der Waals surface area contributed by atoms with Gasteiger partial charge in [-0.2, -0.15) is 0 Å². The molecule has 1 N–H and O–H groups in total. The molecule has 1 aromatic carbocycles. The monoisotopic (exact) mass is 496 g/mol. The third-order valence-electron chi connectivity index (χ3n) is 7.11. The summed E-state index contributed by atoms with van der Waals surface area (Å²) in [5.41, 5.74) is 2.51. The summed E-state index contributed by atoms with van der Waals surface area (Å²) in [6.45, 7) is 11.1. The lowest BCUT2D eigenvalue weighted by Gasteiger charge is -2.37. The molecule has 0 saturated heterocycles. The van der Waals surface area contributed by atoms with E-state index < -0.39 is 6.10 Å². The topological polar surface area (TPSA) is 53.0 Å². The quantitative estimate of drug-likeness (QED) is 0.377. The molecule has 1 aliphatic heterocycles. The molecule has 0 unspecified atom stereocenters. The number of amides is 1. The number of thiophene rings is 1. The number of fused-ring (bicyclic) bond motifs is 1. The Morgan fingerprint density at radius 2 is 2.06 bits per heavy atom. The van der Waals surface area contributed by atoms with E-state index in [0.717, 1.165) is 25.1 Å². The first kappa shape index (κ1) is 25.9. The predicted molar refractivity (Wildman–Crippen MR) is 143 cm³/mol. The van der Waals surface area contributed by atoms with Gasteiger partial charge in [0.1, 0.15) is 12.4 Å². The minimum Gasteiger partial charge on any atom is -0.491 e. The Hall–Kier alpha value is -2.15. The van der Waals surface area contributed by atoms with Crippen molar-refractivity contribution in [1.29, 1.82) is 0 Å². The van der Waals surface area contributed by atoms with Crippen LogP contribution >= 0.6 is 11.3 Å². The molecule has 1 aliphatic carbocycles. The van der Waals surface area contributed by atoms with Crippen molar-refractivity contribution >= 4 is 17.2 Å². The van der Waals surface area contributed by atoms with Gasteiger partial charge in [-0.25, -0.2) is 0 Å². The molecule has 1 saturated carbocycles. The van der Waals surface area contributed by atoms with Crippen LogP contribution in [0.3, 0.4) is 0 Å². The number of carbonyl (C=O) groups is 1. The van der Waals surface area contributed by atoms with Crippen LogP contribution < -0.4 is 4.74 Å². The fourth-order valence-electron chi connectivity index (χ4n) is 4.85. The van der Waals surface area contributed by atoms with Crippen LogP contribution in [0.1, 0.15) is 67.5 Å². The summed E-state index contributed by atoms with van der Waals surface area (Å²) in [4.78, 5) is 19.1. The largest absolute Gasteiger partial charge is 0.491 e. The van der Waals surface area contributed by atoms with E-state index in [4.69, 9.17) is 4.74 Å². The van der Waals surface area contributed by atoms with Crippen LogP contribution in [-0.4, -0.2) is 59.7 Å². The van der Waals surface area contributed by atoms with E-state index in [9.17, 15) is 9.90 Å². The Morgan fingerprint density at radius 3 is 2.74 bits per heavy atom. The van der Waals surface area contributed by atoms with E-state index in [0.29, 0.717) is 44.5 Å². The normalized spacial score (nSPS) is 18.5. The fraction of sp³-hybridized carbons (Fsp3) is 0.552. The van der Waals surface area contributed by atoms with Crippen molar-refractivity contribution in [1.82, 2.24) is 9.80 Å². The average molecular weight is 497 g/mol. The van der Waals surface area contributed by atoms with Gasteiger partial charge in [0.05, 0.1) is 18.7 Å². The van der Waals surface area contributed by atoms with Gasteiger partial charge < -0.3 is 14.7 Å². The zero-order valence-electron chi connectivity index (χ0n) is 21.2. The lowest BCUT2D eigenvalue weighted by molar-refractivity contribution is -0.136. The van der Waals surface area contributed by atoms with Crippen LogP contribution in [-0.2, 0) is 11.2 Å². The number of carbonyl (C=O) groups excluding carboxylic acids is 1. The molecule has 5 nitrogen and oxygen atoms in total. The van der Waals surface area contributed by atoms with E-state index in [1.54, 1.807) is 11.3 Å². The summed E-state index contributed by atoms with van der Waals surface area (Å²) in [6, 6.07) is 10.4. The van der Waals surface area contributed by atoms with Gasteiger partial charge in [-0.1, -0.05) is 32.1 Å². The second kappa shape index (κ2) is 12.2. The fourth-order valence-corrected chi connectivity index (χ4v) is 5.78. The number of rotatable bonds is 13. The minimum absolute atomic E-state index is 0.0873. The van der Waals surface area contributed by atoms with Gasteiger partial charge in [-0.15, -0.1) is 17.9 Å². The highest BCUT2D eigenvalue weighted by molar-refractivity contribution is 7.10. The summed E-state index contributed by atoms with van der Waals surface area (Å²) in [5.74, 6) is 2.11. The first-order valence-corrected chi connectivity index (χ1v) is 13.9. The first-order valence-electron chi connectivity index (χ1n) is 13.0. The molecule has 2 aliphatic rings. The van der Waals surface area contributed by atoms with Gasteiger partial charge >= 0.3 is 0 Å². The lowest BCUT2D eigenvalue weighted by atomic mass is 10.00. The van der Waals surface area contributed by atoms with Gasteiger partial charge in [-0.3, -0.25) is 9.69 Å². The molecule has 0 radical (unpaired) electrons. The molecule has 35 heavy (non-hydrogen) atoms. The molecule has 4 rings (SSSR count). The third-order valence-corrected chi connectivity index (χ3v) is 8.11. The highest BCUT2D eigenvalue weighted by Crippen LogP contribution is 2.35. The minimum atomic E-state index is -0.433. The van der Waals surface area contributed by atoms with Gasteiger partial charge in [0, 0.05) is 24.5 Å². The molecule has 1 fully saturated rings. The van der Waals surface area contributed by atoms with Crippen LogP contribution in [0, 0.1) is 5.92 Å². The summed E-state index contributed by atoms with van der Waals surface area (Å²) in [5, 5.41) is 12.6. The van der Waals surface area contributed by atoms with Crippen LogP contribution in [0.4, 0.5) is 0 Å². The van der Waals surface area contributed by atoms with Crippen LogP contribution in [0.25, 0.3) is 0 Å². The van der Waals surface area contributed by atoms with Crippen LogP contribution in [0.5, 0.6) is 5.75 Å². The maximum Gasteiger partial charge on any atom is 0.237 e. The second-order valence-corrected chi connectivity index (χ2v) is 11.3. The number of aliphatic hydroxyl groups excluding tert-OH is 1. The Balaban J connectivity index is 1.43. The summed E-state index contributed by atoms with van der Waals surface area (Å²) < 4.78 is 6.22. The lowest BCUT2D eigenvalue weighted by Crippen LogP contribution is -2.48. The standard InChI is InChI=1S/C29H40N2O3S/c1-4-5-6-24(32)18-30(17-22-7-8-22)19-29(33)31-15-13-28-26(14-16-35-28)27(31)20-34-25-11-9-23(10-12-25)21(2)3/h4,9-12,14,16,21-22,24,27,32H,1,5-8,13,15,17-20H2,2-3H3/t24-,27+/m0/s1. The molecule has 2 atom stereocenters. The number of hydrogen-bond donors (Lipinski definition) is 1. The number of nitrogens with zero attached hydrogens (tertiary/aromatic N) is 2. The zero-order chi connectivity index (χ0) is 24.8. The molecular formula is C29H40N2O3S. The molecule has 0 bridgehead atoms. The van der Waals surface area contributed by atoms with Crippen molar-refractivity contribution in [3.05, 3.63) is 64.4 Å². The highest BCUT2D eigenvalue weighted by Gasteiger charge is 2.34. The van der Waals surface area contributed by atoms with Crippen molar-refractivity contribution in [2.24, 2.45) is 5.92 Å². The van der Waals surface area contributed by atoms with Crippen molar-refractivity contribution in [3.63, 3.8) is 0 Å². The van der Waals surface area contributed by atoms with Crippen LogP contribution in [0.15, 0.2) is 48.4 Å². The second-order valence-electron chi connectivity index (χ2n) is 10.3. The average Bonchev–Trinajstić information content (AvgIpc) is 3.53. The zero-order valence-corrected chi connectivity index (χ0v) is 22.0. The molecule has 1 aromatic heterocycles. The Bertz CT molecular complexity index is 967. The van der Waals surface area contributed by atoms with Crippen molar-refractivity contribution in [3.8, 4) is 5.75 Å². The van der Waals surface area contributed by atoms with Gasteiger partial charge in [0.25, 0.3) is 0 Å². The number of aliphatic hydroxyl groups is 1. The molecule has 6 heteroatoms. The van der Waals surface area contributed by atoms with E-state index in [1.165, 1.54) is 28.8 Å². The van der Waals surface area contributed by atoms with E-state index in [1.807, 2.05) is 23.1 Å². The van der Waals surface area contributed by atoms with Crippen LogP contribution in [0.2, 0.25) is 0 Å². The number of allylic oxidation sites excluding steroid dienone is 1. The summed E-state index contributed by atoms with van der Waals surface area (Å²) in [6.07, 6.45) is 6.22. The summed E-state index contributed by atoms with van der Waals surface area (Å²) >= 11 is 1.77. The SMILES string of the molecule is C=CCC[C@H](O)CN(CC(=O)N1CCc2sccc2[C@H]1COc1ccc(C(C)C)cc1)CC1CC1. The Labute approximate surface area is 214 Å². The molecule has 190 valence electrons. The summed E-state index contributed by atoms with van der Waals surface area (Å²) in [7, 11) is 0.